The van der Waals surface area contributed by atoms with Crippen molar-refractivity contribution in [3.63, 3.8) is 0 Å². The van der Waals surface area contributed by atoms with Gasteiger partial charge in [0.2, 0.25) is 0 Å². The van der Waals surface area contributed by atoms with E-state index < -0.39 is 16.8 Å². The van der Waals surface area contributed by atoms with Crippen molar-refractivity contribution in [2.24, 2.45) is 10.8 Å². The number of amides is 2. The molecule has 2 rings (SSSR count). The van der Waals surface area contributed by atoms with Gasteiger partial charge in [0.05, 0.1) is 13.3 Å². The number of benzene rings is 1. The van der Waals surface area contributed by atoms with Crippen molar-refractivity contribution in [2.75, 3.05) is 7.11 Å². The zero-order chi connectivity index (χ0) is 16.1. The number of primary amides is 1. The van der Waals surface area contributed by atoms with E-state index in [0.717, 1.165) is 6.21 Å². The zero-order valence-electron chi connectivity index (χ0n) is 11.5. The highest BCUT2D eigenvalue weighted by Crippen LogP contribution is 2.33. The van der Waals surface area contributed by atoms with Gasteiger partial charge >= 0.3 is 11.9 Å². The quantitative estimate of drug-likeness (QED) is 0.494. The Labute approximate surface area is 124 Å². The Kier molecular flexibility index (Phi) is 4.37. The summed E-state index contributed by atoms with van der Waals surface area (Å²) in [5.74, 6) is 0.305. The van der Waals surface area contributed by atoms with Crippen LogP contribution in [0.4, 0.5) is 10.7 Å². The largest absolute Gasteiger partial charge is 0.497 e. The molecule has 0 spiro atoms. The SMILES string of the molecule is COc1ccc(-c2cc(C=NNC(N)=O)oc2[N+](=O)[O-])cc1. The fraction of sp³-hybridized carbons (Fsp3) is 0.0769. The van der Waals surface area contributed by atoms with E-state index in [-0.39, 0.29) is 11.3 Å². The Morgan fingerprint density at radius 2 is 2.14 bits per heavy atom. The molecule has 0 atom stereocenters. The fourth-order valence-corrected chi connectivity index (χ4v) is 1.74. The molecule has 0 aliphatic rings. The molecule has 0 unspecified atom stereocenters. The van der Waals surface area contributed by atoms with Crippen molar-refractivity contribution in [3.8, 4) is 16.9 Å². The van der Waals surface area contributed by atoms with E-state index in [9.17, 15) is 14.9 Å². The van der Waals surface area contributed by atoms with Gasteiger partial charge in [-0.1, -0.05) is 12.1 Å². The summed E-state index contributed by atoms with van der Waals surface area (Å²) >= 11 is 0. The van der Waals surface area contributed by atoms with Gasteiger partial charge in [-0.15, -0.1) is 0 Å². The van der Waals surface area contributed by atoms with E-state index in [2.05, 4.69) is 5.10 Å². The van der Waals surface area contributed by atoms with Crippen molar-refractivity contribution < 1.29 is 18.9 Å². The summed E-state index contributed by atoms with van der Waals surface area (Å²) in [4.78, 5) is 20.9. The number of hydrogen-bond acceptors (Lipinski definition) is 6. The molecule has 2 aromatic rings. The number of nitrogens with one attached hydrogen (secondary N) is 1. The Morgan fingerprint density at radius 3 is 2.68 bits per heavy atom. The van der Waals surface area contributed by atoms with E-state index >= 15 is 0 Å². The van der Waals surface area contributed by atoms with Crippen LogP contribution in [0.1, 0.15) is 5.76 Å². The molecule has 0 fully saturated rings. The highest BCUT2D eigenvalue weighted by molar-refractivity contribution is 5.83. The molecule has 0 aliphatic heterocycles. The molecule has 22 heavy (non-hydrogen) atoms. The second-order valence-electron chi connectivity index (χ2n) is 4.09. The van der Waals surface area contributed by atoms with Gasteiger partial charge in [0, 0.05) is 6.07 Å². The molecule has 1 aromatic carbocycles. The first-order valence-electron chi connectivity index (χ1n) is 6.02. The zero-order valence-corrected chi connectivity index (χ0v) is 11.5. The van der Waals surface area contributed by atoms with Crippen molar-refractivity contribution in [1.29, 1.82) is 0 Å². The number of nitrogens with zero attached hydrogens (tertiary/aromatic N) is 2. The van der Waals surface area contributed by atoms with Crippen LogP contribution in [0.5, 0.6) is 5.75 Å². The third-order valence-corrected chi connectivity index (χ3v) is 2.66. The van der Waals surface area contributed by atoms with Crippen molar-refractivity contribution in [2.45, 2.75) is 0 Å². The van der Waals surface area contributed by atoms with E-state index in [0.29, 0.717) is 11.3 Å². The lowest BCUT2D eigenvalue weighted by Crippen LogP contribution is -2.24. The number of carbonyl (C=O) groups excluding carboxylic acids is 1. The maximum Gasteiger partial charge on any atom is 0.441 e. The van der Waals surface area contributed by atoms with Crippen LogP contribution in [-0.2, 0) is 0 Å². The van der Waals surface area contributed by atoms with Crippen LogP contribution in [0.3, 0.4) is 0 Å². The Hall–Kier alpha value is -3.36. The molecule has 0 aliphatic carbocycles. The maximum absolute atomic E-state index is 11.1. The molecule has 2 amide bonds. The molecule has 1 heterocycles. The van der Waals surface area contributed by atoms with E-state index in [1.54, 1.807) is 24.3 Å². The first kappa shape index (κ1) is 15.0. The van der Waals surface area contributed by atoms with E-state index in [1.165, 1.54) is 13.2 Å². The molecule has 1 aromatic heterocycles. The molecular formula is C13H12N4O5. The summed E-state index contributed by atoms with van der Waals surface area (Å²) in [5.41, 5.74) is 7.68. The van der Waals surface area contributed by atoms with Crippen molar-refractivity contribution >= 4 is 18.1 Å². The lowest BCUT2D eigenvalue weighted by atomic mass is 10.1. The number of rotatable bonds is 5. The second-order valence-corrected chi connectivity index (χ2v) is 4.09. The minimum Gasteiger partial charge on any atom is -0.497 e. The maximum atomic E-state index is 11.1. The topological polar surface area (TPSA) is 133 Å². The molecule has 9 heteroatoms. The van der Waals surface area contributed by atoms with Crippen LogP contribution in [-0.4, -0.2) is 24.3 Å². The third kappa shape index (κ3) is 3.39. The normalized spacial score (nSPS) is 10.6. The van der Waals surface area contributed by atoms with Crippen LogP contribution in [0.15, 0.2) is 39.9 Å². The lowest BCUT2D eigenvalue weighted by Gasteiger charge is -2.00. The Morgan fingerprint density at radius 1 is 1.45 bits per heavy atom. The summed E-state index contributed by atoms with van der Waals surface area (Å²) in [6.45, 7) is 0. The van der Waals surface area contributed by atoms with Crippen LogP contribution < -0.4 is 15.9 Å². The summed E-state index contributed by atoms with van der Waals surface area (Å²) in [7, 11) is 1.52. The van der Waals surface area contributed by atoms with Crippen LogP contribution in [0, 0.1) is 10.1 Å². The van der Waals surface area contributed by atoms with Crippen LogP contribution >= 0.6 is 0 Å². The summed E-state index contributed by atoms with van der Waals surface area (Å²) in [6, 6.07) is 7.26. The first-order chi connectivity index (χ1) is 10.5. The number of nitro groups is 1. The van der Waals surface area contributed by atoms with Crippen molar-refractivity contribution in [1.82, 2.24) is 5.43 Å². The summed E-state index contributed by atoms with van der Waals surface area (Å²) in [6.07, 6.45) is 1.12. The Bertz CT molecular complexity index is 721. The minimum absolute atomic E-state index is 0.103. The van der Waals surface area contributed by atoms with Crippen molar-refractivity contribution in [3.05, 3.63) is 46.2 Å². The van der Waals surface area contributed by atoms with Gasteiger partial charge in [-0.3, -0.25) is 10.1 Å². The highest BCUT2D eigenvalue weighted by atomic mass is 16.6. The minimum atomic E-state index is -0.854. The molecule has 3 N–H and O–H groups in total. The molecule has 0 saturated carbocycles. The number of furan rings is 1. The number of carbonyl (C=O) groups is 1. The number of urea groups is 1. The molecule has 0 radical (unpaired) electrons. The molecule has 114 valence electrons. The average molecular weight is 304 g/mol. The Balaban J connectivity index is 2.36. The van der Waals surface area contributed by atoms with Gasteiger partial charge in [0.25, 0.3) is 0 Å². The number of hydrazone groups is 1. The second kappa shape index (κ2) is 6.39. The van der Waals surface area contributed by atoms with Crippen LogP contribution in [0.2, 0.25) is 0 Å². The van der Waals surface area contributed by atoms with Gasteiger partial charge in [-0.2, -0.15) is 5.10 Å². The standard InChI is InChI=1S/C13H12N4O5/c1-21-9-4-2-8(3-5-9)11-6-10(7-15-16-13(14)18)22-12(11)17(19)20/h2-7H,1H3,(H3,14,16,18). The monoisotopic (exact) mass is 304 g/mol. The summed E-state index contributed by atoms with van der Waals surface area (Å²) in [5, 5.41) is 14.6. The molecule has 9 nitrogen and oxygen atoms in total. The number of methoxy groups -OCH3 is 1. The third-order valence-electron chi connectivity index (χ3n) is 2.66. The lowest BCUT2D eigenvalue weighted by molar-refractivity contribution is -0.401. The van der Waals surface area contributed by atoms with Crippen LogP contribution in [0.25, 0.3) is 11.1 Å². The molecule has 0 saturated heterocycles. The first-order valence-corrected chi connectivity index (χ1v) is 6.02. The fourth-order valence-electron chi connectivity index (χ4n) is 1.74. The van der Waals surface area contributed by atoms with Gasteiger partial charge in [0.1, 0.15) is 16.2 Å². The van der Waals surface area contributed by atoms with E-state index in [1.807, 2.05) is 5.43 Å². The molecule has 0 bridgehead atoms. The molecular weight excluding hydrogens is 292 g/mol. The predicted octanol–water partition coefficient (Wildman–Crippen LogP) is 1.87. The number of ether oxygens (including phenoxy) is 1. The van der Waals surface area contributed by atoms with E-state index in [4.69, 9.17) is 14.9 Å². The highest BCUT2D eigenvalue weighted by Gasteiger charge is 2.22. The predicted molar refractivity (Wildman–Crippen MR) is 77.7 cm³/mol. The van der Waals surface area contributed by atoms with Gasteiger partial charge in [-0.05, 0) is 17.7 Å². The number of nitrogens with two attached hydrogens (primary N) is 1. The van der Waals surface area contributed by atoms with Gasteiger partial charge in [0.15, 0.2) is 5.76 Å². The van der Waals surface area contributed by atoms with Gasteiger partial charge in [-0.25, -0.2) is 10.2 Å². The summed E-state index contributed by atoms with van der Waals surface area (Å²) < 4.78 is 10.1. The smallest absolute Gasteiger partial charge is 0.441 e. The number of hydrogen-bond donors (Lipinski definition) is 2. The average Bonchev–Trinajstić information content (AvgIpc) is 2.91. The van der Waals surface area contributed by atoms with Gasteiger partial charge < -0.3 is 14.9 Å².